The molecule has 2 N–H and O–H groups in total. The molecule has 0 saturated carbocycles. The highest BCUT2D eigenvalue weighted by atomic mass is 32.1. The van der Waals surface area contributed by atoms with Gasteiger partial charge in [-0.1, -0.05) is 24.3 Å². The number of para-hydroxylation sites is 1. The molecule has 1 aliphatic rings. The Kier molecular flexibility index (Phi) is 4.49. The predicted octanol–water partition coefficient (Wildman–Crippen LogP) is 2.23. The Bertz CT molecular complexity index is 893. The lowest BCUT2D eigenvalue weighted by atomic mass is 10.1. The number of anilines is 1. The van der Waals surface area contributed by atoms with Crippen LogP contribution in [0.3, 0.4) is 0 Å². The molecule has 0 aromatic heterocycles. The van der Waals surface area contributed by atoms with Crippen molar-refractivity contribution >= 4 is 40.9 Å². The number of carbonyl (C=O) groups is 2. The van der Waals surface area contributed by atoms with Crippen molar-refractivity contribution < 1.29 is 19.4 Å². The highest BCUT2D eigenvalue weighted by Gasteiger charge is 2.34. The molecule has 0 atom stereocenters. The van der Waals surface area contributed by atoms with Crippen molar-refractivity contribution in [1.82, 2.24) is 5.32 Å². The maximum atomic E-state index is 12.8. The number of phenolic OH excluding ortho intramolecular Hbond substituents is 1. The van der Waals surface area contributed by atoms with Crippen molar-refractivity contribution in [3.63, 3.8) is 0 Å². The van der Waals surface area contributed by atoms with E-state index in [2.05, 4.69) is 5.32 Å². The van der Waals surface area contributed by atoms with Crippen molar-refractivity contribution in [1.29, 1.82) is 0 Å². The van der Waals surface area contributed by atoms with E-state index < -0.39 is 11.8 Å². The summed E-state index contributed by atoms with van der Waals surface area (Å²) in [4.78, 5) is 26.2. The van der Waals surface area contributed by atoms with Crippen molar-refractivity contribution in [2.24, 2.45) is 0 Å². The van der Waals surface area contributed by atoms with E-state index in [0.29, 0.717) is 17.0 Å². The quantitative estimate of drug-likeness (QED) is 0.502. The number of methoxy groups -OCH3 is 1. The van der Waals surface area contributed by atoms with E-state index in [1.807, 2.05) is 6.07 Å². The topological polar surface area (TPSA) is 78.9 Å². The van der Waals surface area contributed by atoms with E-state index >= 15 is 0 Å². The van der Waals surface area contributed by atoms with Crippen LogP contribution in [0.15, 0.2) is 54.1 Å². The summed E-state index contributed by atoms with van der Waals surface area (Å²) in [5, 5.41) is 12.4. The number of benzene rings is 2. The molecule has 0 aliphatic carbocycles. The van der Waals surface area contributed by atoms with Crippen molar-refractivity contribution in [3.8, 4) is 11.5 Å². The molecule has 2 aromatic carbocycles. The second-order valence-corrected chi connectivity index (χ2v) is 5.61. The Balaban J connectivity index is 2.00. The van der Waals surface area contributed by atoms with Crippen LogP contribution in [0.4, 0.5) is 5.69 Å². The number of nitrogens with one attached hydrogen (secondary N) is 1. The highest BCUT2D eigenvalue weighted by Crippen LogP contribution is 2.28. The molecule has 0 unspecified atom stereocenters. The van der Waals surface area contributed by atoms with Gasteiger partial charge in [0.2, 0.25) is 0 Å². The second-order valence-electron chi connectivity index (χ2n) is 5.22. The van der Waals surface area contributed by atoms with Crippen molar-refractivity contribution in [2.75, 3.05) is 12.0 Å². The Hall–Kier alpha value is -3.19. The van der Waals surface area contributed by atoms with E-state index in [1.165, 1.54) is 24.2 Å². The Morgan fingerprint density at radius 1 is 1.16 bits per heavy atom. The number of phenols is 1. The summed E-state index contributed by atoms with van der Waals surface area (Å²) in [5.41, 5.74) is 0.959. The smallest absolute Gasteiger partial charge is 0.270 e. The van der Waals surface area contributed by atoms with Gasteiger partial charge in [0, 0.05) is 0 Å². The minimum absolute atomic E-state index is 0.0240. The molecule has 1 heterocycles. The van der Waals surface area contributed by atoms with Crippen LogP contribution >= 0.6 is 12.2 Å². The molecule has 25 heavy (non-hydrogen) atoms. The number of thiocarbonyl (C=S) groups is 1. The summed E-state index contributed by atoms with van der Waals surface area (Å²) in [6, 6.07) is 13.4. The average Bonchev–Trinajstić information content (AvgIpc) is 2.59. The first-order chi connectivity index (χ1) is 12.0. The molecule has 2 aromatic rings. The third kappa shape index (κ3) is 3.22. The molecule has 1 aliphatic heterocycles. The van der Waals surface area contributed by atoms with Gasteiger partial charge in [-0.3, -0.25) is 19.8 Å². The summed E-state index contributed by atoms with van der Waals surface area (Å²) in [6.45, 7) is 0. The number of amides is 2. The monoisotopic (exact) mass is 354 g/mol. The highest BCUT2D eigenvalue weighted by molar-refractivity contribution is 7.80. The first kappa shape index (κ1) is 16.7. The number of aromatic hydroxyl groups is 1. The lowest BCUT2D eigenvalue weighted by Crippen LogP contribution is -2.54. The number of ether oxygens (including phenoxy) is 1. The van der Waals surface area contributed by atoms with Gasteiger partial charge in [-0.05, 0) is 48.1 Å². The van der Waals surface area contributed by atoms with Crippen LogP contribution in [0.1, 0.15) is 5.56 Å². The van der Waals surface area contributed by atoms with E-state index in [4.69, 9.17) is 17.0 Å². The minimum atomic E-state index is -0.586. The first-order valence-electron chi connectivity index (χ1n) is 7.35. The molecule has 0 spiro atoms. The standard InChI is InChI=1S/C18H14N2O4S/c1-24-15-8-7-11(10-14(15)21)9-13-16(22)19-18(25)20(17(13)23)12-5-3-2-4-6-12/h2-10,21H,1H3,(H,19,22,25). The van der Waals surface area contributed by atoms with E-state index in [-0.39, 0.29) is 16.4 Å². The molecule has 6 nitrogen and oxygen atoms in total. The van der Waals surface area contributed by atoms with Crippen LogP contribution in [0.5, 0.6) is 11.5 Å². The SMILES string of the molecule is COc1ccc(C=C2C(=O)NC(=S)N(c3ccccc3)C2=O)cc1O. The Morgan fingerprint density at radius 2 is 1.88 bits per heavy atom. The van der Waals surface area contributed by atoms with Gasteiger partial charge >= 0.3 is 0 Å². The molecule has 1 fully saturated rings. The summed E-state index contributed by atoms with van der Waals surface area (Å²) in [5.74, 6) is -0.905. The fourth-order valence-electron chi connectivity index (χ4n) is 2.43. The van der Waals surface area contributed by atoms with E-state index in [0.717, 1.165) is 0 Å². The zero-order valence-corrected chi connectivity index (χ0v) is 14.0. The molecule has 0 bridgehead atoms. The van der Waals surface area contributed by atoms with Crippen LogP contribution < -0.4 is 15.0 Å². The molecule has 3 rings (SSSR count). The zero-order valence-electron chi connectivity index (χ0n) is 13.2. The zero-order chi connectivity index (χ0) is 18.0. The van der Waals surface area contributed by atoms with Crippen molar-refractivity contribution in [2.45, 2.75) is 0 Å². The van der Waals surface area contributed by atoms with E-state index in [9.17, 15) is 14.7 Å². The van der Waals surface area contributed by atoms with Gasteiger partial charge in [-0.15, -0.1) is 0 Å². The molecule has 7 heteroatoms. The largest absolute Gasteiger partial charge is 0.504 e. The average molecular weight is 354 g/mol. The van der Waals surface area contributed by atoms with Gasteiger partial charge in [-0.25, -0.2) is 0 Å². The third-order valence-electron chi connectivity index (χ3n) is 3.63. The molecule has 0 radical (unpaired) electrons. The van der Waals surface area contributed by atoms with E-state index in [1.54, 1.807) is 36.4 Å². The van der Waals surface area contributed by atoms with Crippen LogP contribution in [0.2, 0.25) is 0 Å². The fourth-order valence-corrected chi connectivity index (χ4v) is 2.71. The van der Waals surface area contributed by atoms with Gasteiger partial charge in [0.1, 0.15) is 5.57 Å². The van der Waals surface area contributed by atoms with Gasteiger partial charge in [-0.2, -0.15) is 0 Å². The van der Waals surface area contributed by atoms with Crippen molar-refractivity contribution in [3.05, 3.63) is 59.7 Å². The lowest BCUT2D eigenvalue weighted by molar-refractivity contribution is -0.122. The summed E-state index contributed by atoms with van der Waals surface area (Å²) in [7, 11) is 1.43. The van der Waals surface area contributed by atoms with Crippen LogP contribution in [-0.2, 0) is 9.59 Å². The Labute approximate surface area is 149 Å². The second kappa shape index (κ2) is 6.74. The lowest BCUT2D eigenvalue weighted by Gasteiger charge is -2.28. The molecular weight excluding hydrogens is 340 g/mol. The third-order valence-corrected chi connectivity index (χ3v) is 3.91. The number of hydrogen-bond acceptors (Lipinski definition) is 5. The van der Waals surface area contributed by atoms with Crippen LogP contribution in [0.25, 0.3) is 6.08 Å². The molecule has 126 valence electrons. The van der Waals surface area contributed by atoms with Gasteiger partial charge in [0.05, 0.1) is 12.8 Å². The number of rotatable bonds is 3. The Morgan fingerprint density at radius 3 is 2.52 bits per heavy atom. The maximum absolute atomic E-state index is 12.8. The molecule has 1 saturated heterocycles. The summed E-state index contributed by atoms with van der Waals surface area (Å²) >= 11 is 5.12. The fraction of sp³-hybridized carbons (Fsp3) is 0.0556. The number of nitrogens with zero attached hydrogens (tertiary/aromatic N) is 1. The van der Waals surface area contributed by atoms with Gasteiger partial charge < -0.3 is 9.84 Å². The maximum Gasteiger partial charge on any atom is 0.270 e. The minimum Gasteiger partial charge on any atom is -0.504 e. The number of carbonyl (C=O) groups excluding carboxylic acids is 2. The summed E-state index contributed by atoms with van der Waals surface area (Å²) in [6.07, 6.45) is 1.40. The van der Waals surface area contributed by atoms with Gasteiger partial charge in [0.25, 0.3) is 11.8 Å². The molecular formula is C18H14N2O4S. The van der Waals surface area contributed by atoms with Crippen LogP contribution in [-0.4, -0.2) is 29.1 Å². The molecule has 2 amide bonds. The summed E-state index contributed by atoms with van der Waals surface area (Å²) < 4.78 is 4.98. The van der Waals surface area contributed by atoms with Gasteiger partial charge in [0.15, 0.2) is 16.6 Å². The number of hydrogen-bond donors (Lipinski definition) is 2. The first-order valence-corrected chi connectivity index (χ1v) is 7.75. The normalized spacial score (nSPS) is 16.1. The van der Waals surface area contributed by atoms with Crippen LogP contribution in [0, 0.1) is 0 Å². The predicted molar refractivity (Wildman–Crippen MR) is 97.3 cm³/mol.